The Morgan fingerprint density at radius 3 is 2.82 bits per heavy atom. The molecule has 7 heteroatoms. The van der Waals surface area contributed by atoms with Crippen LogP contribution in [0.4, 0.5) is 11.6 Å². The maximum absolute atomic E-state index is 11.1. The van der Waals surface area contributed by atoms with E-state index in [-0.39, 0.29) is 11.9 Å². The van der Waals surface area contributed by atoms with Crippen molar-refractivity contribution in [3.05, 3.63) is 21.7 Å². The van der Waals surface area contributed by atoms with E-state index in [0.29, 0.717) is 16.7 Å². The Labute approximate surface area is 102 Å². The number of thiazole rings is 1. The van der Waals surface area contributed by atoms with E-state index in [9.17, 15) is 10.1 Å². The van der Waals surface area contributed by atoms with Crippen LogP contribution in [0, 0.1) is 16.0 Å². The fourth-order valence-electron chi connectivity index (χ4n) is 1.43. The van der Waals surface area contributed by atoms with E-state index >= 15 is 0 Å². The van der Waals surface area contributed by atoms with Crippen molar-refractivity contribution in [2.75, 3.05) is 5.32 Å². The highest BCUT2D eigenvalue weighted by molar-refractivity contribution is 7.15. The van der Waals surface area contributed by atoms with Gasteiger partial charge in [0, 0.05) is 11.4 Å². The van der Waals surface area contributed by atoms with Crippen LogP contribution in [0.25, 0.3) is 4.96 Å². The van der Waals surface area contributed by atoms with E-state index in [1.54, 1.807) is 11.6 Å². The third-order valence-electron chi connectivity index (χ3n) is 2.77. The topological polar surface area (TPSA) is 72.5 Å². The van der Waals surface area contributed by atoms with Crippen LogP contribution in [0.1, 0.15) is 20.8 Å². The molecular weight excluding hydrogens is 240 g/mol. The van der Waals surface area contributed by atoms with E-state index in [1.165, 1.54) is 15.7 Å². The van der Waals surface area contributed by atoms with Crippen LogP contribution in [0.3, 0.4) is 0 Å². The van der Waals surface area contributed by atoms with Crippen LogP contribution in [-0.2, 0) is 0 Å². The van der Waals surface area contributed by atoms with Gasteiger partial charge in [0.15, 0.2) is 0 Å². The second-order valence-electron chi connectivity index (χ2n) is 4.27. The smallest absolute Gasteiger partial charge is 0.360 e. The Morgan fingerprint density at radius 1 is 1.53 bits per heavy atom. The van der Waals surface area contributed by atoms with Gasteiger partial charge in [0.25, 0.3) is 4.96 Å². The van der Waals surface area contributed by atoms with Gasteiger partial charge in [-0.15, -0.1) is 0 Å². The quantitative estimate of drug-likeness (QED) is 0.672. The molecule has 0 radical (unpaired) electrons. The van der Waals surface area contributed by atoms with Crippen molar-refractivity contribution in [2.45, 2.75) is 26.8 Å². The van der Waals surface area contributed by atoms with Crippen molar-refractivity contribution in [1.82, 2.24) is 9.38 Å². The minimum absolute atomic E-state index is 0.00810. The highest BCUT2D eigenvalue weighted by Gasteiger charge is 2.24. The predicted octanol–water partition coefficient (Wildman–Crippen LogP) is 2.76. The lowest BCUT2D eigenvalue weighted by atomic mass is 10.1. The number of imidazole rings is 1. The van der Waals surface area contributed by atoms with Gasteiger partial charge in [-0.2, -0.15) is 9.38 Å². The molecule has 2 rings (SSSR count). The highest BCUT2D eigenvalue weighted by atomic mass is 32.1. The molecule has 17 heavy (non-hydrogen) atoms. The standard InChI is InChI=1S/C10H14N4O2S/c1-6(2)7(3)11-8-9(14(15)16)13-4-5-17-10(13)12-8/h4-7,11H,1-3H3. The molecule has 0 saturated carbocycles. The number of hydrogen-bond donors (Lipinski definition) is 1. The van der Waals surface area contributed by atoms with E-state index < -0.39 is 4.92 Å². The summed E-state index contributed by atoms with van der Waals surface area (Å²) in [6.07, 6.45) is 1.66. The predicted molar refractivity (Wildman–Crippen MR) is 67.6 cm³/mol. The zero-order valence-electron chi connectivity index (χ0n) is 9.88. The number of rotatable bonds is 4. The Hall–Kier alpha value is -1.63. The summed E-state index contributed by atoms with van der Waals surface area (Å²) in [7, 11) is 0. The summed E-state index contributed by atoms with van der Waals surface area (Å²) in [5.74, 6) is 0.742. The summed E-state index contributed by atoms with van der Waals surface area (Å²) < 4.78 is 1.50. The molecule has 0 spiro atoms. The largest absolute Gasteiger partial charge is 0.372 e. The second-order valence-corrected chi connectivity index (χ2v) is 5.15. The Morgan fingerprint density at radius 2 is 2.24 bits per heavy atom. The van der Waals surface area contributed by atoms with Gasteiger partial charge in [-0.25, -0.2) is 0 Å². The zero-order chi connectivity index (χ0) is 12.6. The molecule has 2 aromatic heterocycles. The van der Waals surface area contributed by atoms with Crippen LogP contribution in [0.15, 0.2) is 11.6 Å². The van der Waals surface area contributed by atoms with Gasteiger partial charge >= 0.3 is 5.82 Å². The number of nitrogens with one attached hydrogen (secondary N) is 1. The average Bonchev–Trinajstić information content (AvgIpc) is 2.75. The van der Waals surface area contributed by atoms with Gasteiger partial charge in [-0.3, -0.25) is 0 Å². The van der Waals surface area contributed by atoms with Crippen molar-refractivity contribution in [1.29, 1.82) is 0 Å². The van der Waals surface area contributed by atoms with Crippen LogP contribution < -0.4 is 5.32 Å². The molecule has 0 saturated heterocycles. The number of hydrogen-bond acceptors (Lipinski definition) is 5. The Balaban J connectivity index is 2.42. The number of anilines is 1. The van der Waals surface area contributed by atoms with Crippen molar-refractivity contribution >= 4 is 27.9 Å². The van der Waals surface area contributed by atoms with E-state index in [0.717, 1.165) is 0 Å². The molecular formula is C10H14N4O2S. The molecule has 0 aromatic carbocycles. The molecule has 2 heterocycles. The first-order chi connectivity index (χ1) is 8.00. The molecule has 1 N–H and O–H groups in total. The first-order valence-electron chi connectivity index (χ1n) is 5.37. The first kappa shape index (κ1) is 11.8. The fourth-order valence-corrected chi connectivity index (χ4v) is 2.14. The van der Waals surface area contributed by atoms with E-state index in [2.05, 4.69) is 24.1 Å². The molecule has 0 amide bonds. The van der Waals surface area contributed by atoms with Crippen LogP contribution in [-0.4, -0.2) is 20.3 Å². The lowest BCUT2D eigenvalue weighted by Crippen LogP contribution is -2.22. The van der Waals surface area contributed by atoms with Crippen LogP contribution in [0.5, 0.6) is 0 Å². The van der Waals surface area contributed by atoms with E-state index in [1.807, 2.05) is 6.92 Å². The van der Waals surface area contributed by atoms with Crippen molar-refractivity contribution in [3.8, 4) is 0 Å². The molecule has 0 aliphatic carbocycles. The molecule has 0 aliphatic heterocycles. The molecule has 0 fully saturated rings. The van der Waals surface area contributed by atoms with Gasteiger partial charge in [-0.1, -0.05) is 25.2 Å². The molecule has 0 bridgehead atoms. The van der Waals surface area contributed by atoms with Gasteiger partial charge in [0.2, 0.25) is 5.82 Å². The van der Waals surface area contributed by atoms with Gasteiger partial charge < -0.3 is 15.4 Å². The second kappa shape index (κ2) is 4.33. The van der Waals surface area contributed by atoms with Crippen molar-refractivity contribution in [2.24, 2.45) is 5.92 Å². The summed E-state index contributed by atoms with van der Waals surface area (Å²) >= 11 is 1.38. The molecule has 6 nitrogen and oxygen atoms in total. The molecule has 92 valence electrons. The minimum Gasteiger partial charge on any atom is -0.360 e. The first-order valence-corrected chi connectivity index (χ1v) is 6.25. The normalized spacial score (nSPS) is 13.2. The number of nitro groups is 1. The maximum Gasteiger partial charge on any atom is 0.372 e. The summed E-state index contributed by atoms with van der Waals surface area (Å²) in [4.78, 5) is 15.5. The van der Waals surface area contributed by atoms with Gasteiger partial charge in [-0.05, 0) is 17.8 Å². The van der Waals surface area contributed by atoms with Gasteiger partial charge in [0.05, 0.1) is 0 Å². The summed E-state index contributed by atoms with van der Waals surface area (Å²) in [5, 5.41) is 15.9. The van der Waals surface area contributed by atoms with Crippen molar-refractivity contribution in [3.63, 3.8) is 0 Å². The number of fused-ring (bicyclic) bond motifs is 1. The minimum atomic E-state index is -0.401. The summed E-state index contributed by atoms with van der Waals surface area (Å²) in [6, 6.07) is 0.137. The van der Waals surface area contributed by atoms with E-state index in [4.69, 9.17) is 0 Å². The number of nitrogens with zero attached hydrogens (tertiary/aromatic N) is 3. The van der Waals surface area contributed by atoms with Crippen LogP contribution in [0.2, 0.25) is 0 Å². The third-order valence-corrected chi connectivity index (χ3v) is 3.53. The lowest BCUT2D eigenvalue weighted by molar-refractivity contribution is -0.389. The average molecular weight is 254 g/mol. The monoisotopic (exact) mass is 254 g/mol. The summed E-state index contributed by atoms with van der Waals surface area (Å²) in [5.41, 5.74) is 0. The highest BCUT2D eigenvalue weighted by Crippen LogP contribution is 2.28. The van der Waals surface area contributed by atoms with Crippen LogP contribution >= 0.6 is 11.3 Å². The molecule has 1 atom stereocenters. The Bertz CT molecular complexity index is 545. The SMILES string of the molecule is CC(C)C(C)Nc1nc2sccn2c1[N+](=O)[O-]. The molecule has 2 aromatic rings. The summed E-state index contributed by atoms with van der Waals surface area (Å²) in [6.45, 7) is 6.10. The van der Waals surface area contributed by atoms with Gasteiger partial charge in [0.1, 0.15) is 6.20 Å². The lowest BCUT2D eigenvalue weighted by Gasteiger charge is -2.16. The van der Waals surface area contributed by atoms with Crippen molar-refractivity contribution < 1.29 is 4.92 Å². The molecule has 0 aliphatic rings. The fraction of sp³-hybridized carbons (Fsp3) is 0.500. The number of aromatic nitrogens is 2. The Kier molecular flexibility index (Phi) is 3.01. The molecule has 1 unspecified atom stereocenters. The zero-order valence-corrected chi connectivity index (χ0v) is 10.7. The third kappa shape index (κ3) is 2.10. The maximum atomic E-state index is 11.1.